The fourth-order valence-corrected chi connectivity index (χ4v) is 3.15. The van der Waals surface area contributed by atoms with Gasteiger partial charge in [0.1, 0.15) is 9.84 Å². The van der Waals surface area contributed by atoms with Gasteiger partial charge < -0.3 is 10.5 Å². The second-order valence-corrected chi connectivity index (χ2v) is 7.48. The van der Waals surface area contributed by atoms with Crippen molar-refractivity contribution in [3.05, 3.63) is 34.9 Å². The van der Waals surface area contributed by atoms with Crippen molar-refractivity contribution >= 4 is 9.84 Å². The predicted octanol–water partition coefficient (Wildman–Crippen LogP) is 1.93. The van der Waals surface area contributed by atoms with Gasteiger partial charge in [-0.15, -0.1) is 0 Å². The molecule has 0 saturated carbocycles. The van der Waals surface area contributed by atoms with Crippen LogP contribution in [0.15, 0.2) is 18.2 Å². The van der Waals surface area contributed by atoms with Gasteiger partial charge in [0.15, 0.2) is 0 Å². The molecule has 1 heterocycles. The summed E-state index contributed by atoms with van der Waals surface area (Å²) >= 11 is 0. The molecular weight excluding hydrogens is 262 g/mol. The second-order valence-electron chi connectivity index (χ2n) is 5.01. The number of fused-ring (bicyclic) bond motifs is 1. The topological polar surface area (TPSA) is 69.4 Å². The Morgan fingerprint density at radius 2 is 2.05 bits per heavy atom. The Morgan fingerprint density at radius 1 is 1.32 bits per heavy atom. The molecule has 19 heavy (non-hydrogen) atoms. The largest absolute Gasteiger partial charge is 0.372 e. The van der Waals surface area contributed by atoms with Crippen molar-refractivity contribution in [2.24, 2.45) is 5.73 Å². The van der Waals surface area contributed by atoms with Gasteiger partial charge in [0.25, 0.3) is 0 Å². The molecule has 1 aliphatic rings. The van der Waals surface area contributed by atoms with Gasteiger partial charge in [-0.2, -0.15) is 0 Å². The Balaban J connectivity index is 1.91. The molecule has 0 amide bonds. The highest BCUT2D eigenvalue weighted by atomic mass is 32.2. The third kappa shape index (κ3) is 3.78. The number of nitrogens with two attached hydrogens (primary N) is 1. The summed E-state index contributed by atoms with van der Waals surface area (Å²) in [6.07, 6.45) is 1.31. The summed E-state index contributed by atoms with van der Waals surface area (Å²) in [7, 11) is -2.88. The van der Waals surface area contributed by atoms with Gasteiger partial charge in [-0.1, -0.05) is 25.1 Å². The summed E-state index contributed by atoms with van der Waals surface area (Å²) in [5.41, 5.74) is 9.62. The minimum Gasteiger partial charge on any atom is -0.372 e. The Kier molecular flexibility index (Phi) is 4.60. The van der Waals surface area contributed by atoms with E-state index in [2.05, 4.69) is 12.1 Å². The highest BCUT2D eigenvalue weighted by Gasteiger charge is 2.15. The van der Waals surface area contributed by atoms with Crippen molar-refractivity contribution in [3.8, 4) is 0 Å². The number of hydrogen-bond acceptors (Lipinski definition) is 4. The summed E-state index contributed by atoms with van der Waals surface area (Å²) in [5, 5.41) is 0. The lowest BCUT2D eigenvalue weighted by Gasteiger charge is -2.13. The van der Waals surface area contributed by atoms with Crippen molar-refractivity contribution in [3.63, 3.8) is 0 Å². The summed E-state index contributed by atoms with van der Waals surface area (Å²) in [5.74, 6) is 0.434. The van der Waals surface area contributed by atoms with Crippen LogP contribution >= 0.6 is 0 Å². The number of benzene rings is 1. The minimum atomic E-state index is -2.88. The van der Waals surface area contributed by atoms with Gasteiger partial charge in [0.05, 0.1) is 19.0 Å². The summed E-state index contributed by atoms with van der Waals surface area (Å²) in [6, 6.07) is 6.06. The van der Waals surface area contributed by atoms with Crippen LogP contribution in [0.1, 0.15) is 42.5 Å². The standard InChI is InChI=1S/C14H21NO3S/c1-2-19(16,17)7-3-4-14(15)11-5-6-12-9-18-10-13(12)8-11/h5-6,8,14H,2-4,7,9-10,15H2,1H3. The van der Waals surface area contributed by atoms with Crippen LogP contribution in [0.3, 0.4) is 0 Å². The number of ether oxygens (including phenoxy) is 1. The summed E-state index contributed by atoms with van der Waals surface area (Å²) in [6.45, 7) is 3.01. The maximum atomic E-state index is 11.4. The first-order chi connectivity index (χ1) is 9.02. The molecule has 0 saturated heterocycles. The molecule has 1 unspecified atom stereocenters. The average Bonchev–Trinajstić information content (AvgIpc) is 2.85. The van der Waals surface area contributed by atoms with Gasteiger partial charge in [0, 0.05) is 11.8 Å². The molecule has 2 N–H and O–H groups in total. The first kappa shape index (κ1) is 14.5. The second kappa shape index (κ2) is 6.03. The molecule has 1 aliphatic heterocycles. The molecule has 0 spiro atoms. The van der Waals surface area contributed by atoms with E-state index in [-0.39, 0.29) is 17.5 Å². The molecule has 1 aromatic rings. The van der Waals surface area contributed by atoms with Crippen LogP contribution in [-0.4, -0.2) is 19.9 Å². The van der Waals surface area contributed by atoms with Crippen LogP contribution in [0, 0.1) is 0 Å². The highest BCUT2D eigenvalue weighted by molar-refractivity contribution is 7.91. The summed E-state index contributed by atoms with van der Waals surface area (Å²) < 4.78 is 28.2. The van der Waals surface area contributed by atoms with Gasteiger partial charge in [0.2, 0.25) is 0 Å². The molecule has 1 aromatic carbocycles. The zero-order valence-electron chi connectivity index (χ0n) is 11.3. The lowest BCUT2D eigenvalue weighted by atomic mass is 9.99. The van der Waals surface area contributed by atoms with Crippen LogP contribution in [0.2, 0.25) is 0 Å². The van der Waals surface area contributed by atoms with Crippen LogP contribution in [0.4, 0.5) is 0 Å². The maximum absolute atomic E-state index is 11.4. The Morgan fingerprint density at radius 3 is 2.79 bits per heavy atom. The van der Waals surface area contributed by atoms with Crippen molar-refractivity contribution in [1.82, 2.24) is 0 Å². The van der Waals surface area contributed by atoms with Gasteiger partial charge in [-0.05, 0) is 29.5 Å². The monoisotopic (exact) mass is 283 g/mol. The van der Waals surface area contributed by atoms with Gasteiger partial charge in [-0.25, -0.2) is 8.42 Å². The van der Waals surface area contributed by atoms with E-state index in [4.69, 9.17) is 10.5 Å². The molecule has 0 aromatic heterocycles. The molecule has 0 radical (unpaired) electrons. The first-order valence-electron chi connectivity index (χ1n) is 6.67. The number of sulfone groups is 1. The zero-order chi connectivity index (χ0) is 13.9. The molecule has 106 valence electrons. The van der Waals surface area contributed by atoms with Crippen LogP contribution < -0.4 is 5.73 Å². The zero-order valence-corrected chi connectivity index (χ0v) is 12.1. The van der Waals surface area contributed by atoms with Crippen LogP contribution in [-0.2, 0) is 27.8 Å². The first-order valence-corrected chi connectivity index (χ1v) is 8.49. The van der Waals surface area contributed by atoms with E-state index in [1.807, 2.05) is 6.07 Å². The maximum Gasteiger partial charge on any atom is 0.150 e. The SMILES string of the molecule is CCS(=O)(=O)CCCC(N)c1ccc2c(c1)COC2. The smallest absolute Gasteiger partial charge is 0.150 e. The number of rotatable bonds is 6. The van der Waals surface area contributed by atoms with Crippen molar-refractivity contribution in [2.45, 2.75) is 39.0 Å². The summed E-state index contributed by atoms with van der Waals surface area (Å²) in [4.78, 5) is 0. The highest BCUT2D eigenvalue weighted by Crippen LogP contribution is 2.24. The third-order valence-electron chi connectivity index (χ3n) is 3.58. The van der Waals surface area contributed by atoms with Crippen molar-refractivity contribution < 1.29 is 13.2 Å². The predicted molar refractivity (Wildman–Crippen MR) is 75.4 cm³/mol. The molecule has 0 fully saturated rings. The average molecular weight is 283 g/mol. The Hall–Kier alpha value is -0.910. The van der Waals surface area contributed by atoms with E-state index in [1.165, 1.54) is 11.1 Å². The van der Waals surface area contributed by atoms with Gasteiger partial charge in [-0.3, -0.25) is 0 Å². The molecule has 5 heteroatoms. The van der Waals surface area contributed by atoms with E-state index in [0.717, 1.165) is 5.56 Å². The van der Waals surface area contributed by atoms with E-state index in [0.29, 0.717) is 26.1 Å². The molecule has 1 atom stereocenters. The van der Waals surface area contributed by atoms with Crippen molar-refractivity contribution in [2.75, 3.05) is 11.5 Å². The van der Waals surface area contributed by atoms with E-state index in [9.17, 15) is 8.42 Å². The quantitative estimate of drug-likeness (QED) is 0.866. The fourth-order valence-electron chi connectivity index (χ4n) is 2.26. The number of hydrogen-bond donors (Lipinski definition) is 1. The van der Waals surface area contributed by atoms with E-state index < -0.39 is 9.84 Å². The Labute approximate surface area is 114 Å². The molecule has 0 aliphatic carbocycles. The van der Waals surface area contributed by atoms with E-state index in [1.54, 1.807) is 6.92 Å². The van der Waals surface area contributed by atoms with Crippen molar-refractivity contribution in [1.29, 1.82) is 0 Å². The normalized spacial score (nSPS) is 16.3. The van der Waals surface area contributed by atoms with E-state index >= 15 is 0 Å². The molecule has 0 bridgehead atoms. The molecule has 4 nitrogen and oxygen atoms in total. The lowest BCUT2D eigenvalue weighted by Crippen LogP contribution is -2.14. The molecular formula is C14H21NO3S. The van der Waals surface area contributed by atoms with Crippen LogP contribution in [0.5, 0.6) is 0 Å². The molecule has 2 rings (SSSR count). The third-order valence-corrected chi connectivity index (χ3v) is 5.37. The fraction of sp³-hybridized carbons (Fsp3) is 0.571. The Bertz CT molecular complexity index is 540. The van der Waals surface area contributed by atoms with Crippen LogP contribution in [0.25, 0.3) is 0 Å². The minimum absolute atomic E-state index is 0.0991. The lowest BCUT2D eigenvalue weighted by molar-refractivity contribution is 0.134. The van der Waals surface area contributed by atoms with Gasteiger partial charge >= 0.3 is 0 Å².